The van der Waals surface area contributed by atoms with Crippen LogP contribution in [0.3, 0.4) is 0 Å². The van der Waals surface area contributed by atoms with Crippen molar-refractivity contribution in [2.24, 2.45) is 0 Å². The lowest BCUT2D eigenvalue weighted by Gasteiger charge is -2.09. The van der Waals surface area contributed by atoms with Crippen LogP contribution in [0.25, 0.3) is 0 Å². The fourth-order valence-corrected chi connectivity index (χ4v) is 2.73. The summed E-state index contributed by atoms with van der Waals surface area (Å²) in [7, 11) is 0. The maximum Gasteiger partial charge on any atom is 0.271 e. The van der Waals surface area contributed by atoms with Crippen molar-refractivity contribution >= 4 is 57.6 Å². The fourth-order valence-electron chi connectivity index (χ4n) is 1.57. The summed E-state index contributed by atoms with van der Waals surface area (Å²) in [5.74, 6) is -1.01. The Bertz CT molecular complexity index is 707. The molecule has 2 N–H and O–H groups in total. The van der Waals surface area contributed by atoms with Gasteiger partial charge in [-0.25, -0.2) is 0 Å². The Labute approximate surface area is 144 Å². The van der Waals surface area contributed by atoms with Crippen LogP contribution in [0.15, 0.2) is 42.5 Å². The highest BCUT2D eigenvalue weighted by atomic mass is 127. The van der Waals surface area contributed by atoms with Crippen molar-refractivity contribution in [2.75, 3.05) is 0 Å². The standard InChI is InChI=1S/C14H9Cl2IN2O2/c15-11-4-2-1-3-9(11)13(20)18-19-14(21)10-6-5-8(17)7-12(10)16/h1-7H,(H,18,20)(H,19,21). The number of amides is 2. The molecule has 0 fully saturated rings. The van der Waals surface area contributed by atoms with Crippen LogP contribution < -0.4 is 10.9 Å². The molecule has 2 rings (SSSR count). The summed E-state index contributed by atoms with van der Waals surface area (Å²) in [6.07, 6.45) is 0. The molecule has 0 aliphatic heterocycles. The van der Waals surface area contributed by atoms with E-state index < -0.39 is 11.8 Å². The summed E-state index contributed by atoms with van der Waals surface area (Å²) < 4.78 is 0.911. The molecule has 0 aliphatic rings. The number of hydrazine groups is 1. The smallest absolute Gasteiger partial charge is 0.267 e. The van der Waals surface area contributed by atoms with Crippen molar-refractivity contribution in [3.8, 4) is 0 Å². The lowest BCUT2D eigenvalue weighted by Crippen LogP contribution is -2.41. The van der Waals surface area contributed by atoms with Crippen LogP contribution in [0.1, 0.15) is 20.7 Å². The van der Waals surface area contributed by atoms with Gasteiger partial charge in [0.1, 0.15) is 0 Å². The van der Waals surface area contributed by atoms with Gasteiger partial charge in [0, 0.05) is 3.57 Å². The zero-order valence-corrected chi connectivity index (χ0v) is 14.2. The van der Waals surface area contributed by atoms with Crippen LogP contribution in [-0.2, 0) is 0 Å². The Balaban J connectivity index is 2.04. The summed E-state index contributed by atoms with van der Waals surface area (Å²) in [5, 5.41) is 0.614. The molecule has 0 bridgehead atoms. The third kappa shape index (κ3) is 4.09. The monoisotopic (exact) mass is 434 g/mol. The number of rotatable bonds is 2. The molecular weight excluding hydrogens is 426 g/mol. The topological polar surface area (TPSA) is 58.2 Å². The minimum atomic E-state index is -0.504. The molecule has 0 aliphatic carbocycles. The van der Waals surface area contributed by atoms with Crippen molar-refractivity contribution in [1.29, 1.82) is 0 Å². The molecule has 108 valence electrons. The van der Waals surface area contributed by atoms with Crippen molar-refractivity contribution in [1.82, 2.24) is 10.9 Å². The Morgan fingerprint density at radius 2 is 1.43 bits per heavy atom. The predicted molar refractivity (Wildman–Crippen MR) is 90.6 cm³/mol. The third-order valence-corrected chi connectivity index (χ3v) is 3.90. The molecule has 2 amide bonds. The number of benzene rings is 2. The average Bonchev–Trinajstić information content (AvgIpc) is 2.45. The highest BCUT2D eigenvalue weighted by Crippen LogP contribution is 2.19. The van der Waals surface area contributed by atoms with Crippen molar-refractivity contribution in [2.45, 2.75) is 0 Å². The summed E-state index contributed by atoms with van der Waals surface area (Å²) in [5.41, 5.74) is 5.14. The van der Waals surface area contributed by atoms with Gasteiger partial charge in [0.25, 0.3) is 11.8 Å². The Kier molecular flexibility index (Phi) is 5.44. The zero-order valence-electron chi connectivity index (χ0n) is 10.5. The van der Waals surface area contributed by atoms with Crippen molar-refractivity contribution in [3.05, 3.63) is 67.2 Å². The summed E-state index contributed by atoms with van der Waals surface area (Å²) in [6, 6.07) is 11.5. The first-order valence-corrected chi connectivity index (χ1v) is 7.63. The molecule has 7 heteroatoms. The maximum absolute atomic E-state index is 12.0. The van der Waals surface area contributed by atoms with Crippen LogP contribution in [0.4, 0.5) is 0 Å². The number of halogens is 3. The number of hydrogen-bond acceptors (Lipinski definition) is 2. The number of carbonyl (C=O) groups is 2. The SMILES string of the molecule is O=C(NNC(=O)c1ccc(I)cc1Cl)c1ccccc1Cl. The molecule has 4 nitrogen and oxygen atoms in total. The molecule has 0 unspecified atom stereocenters. The highest BCUT2D eigenvalue weighted by molar-refractivity contribution is 14.1. The van der Waals surface area contributed by atoms with Crippen LogP contribution in [0.2, 0.25) is 10.0 Å². The number of nitrogens with one attached hydrogen (secondary N) is 2. The van der Waals surface area contributed by atoms with Crippen LogP contribution in [0.5, 0.6) is 0 Å². The minimum Gasteiger partial charge on any atom is -0.267 e. The van der Waals surface area contributed by atoms with Gasteiger partial charge in [-0.1, -0.05) is 35.3 Å². The molecule has 0 saturated carbocycles. The molecule has 2 aromatic carbocycles. The van der Waals surface area contributed by atoms with E-state index in [2.05, 4.69) is 33.4 Å². The minimum absolute atomic E-state index is 0.271. The van der Waals surface area contributed by atoms with Gasteiger partial charge in [0.05, 0.1) is 21.2 Å². The van der Waals surface area contributed by atoms with E-state index >= 15 is 0 Å². The van der Waals surface area contributed by atoms with Gasteiger partial charge >= 0.3 is 0 Å². The van der Waals surface area contributed by atoms with E-state index in [1.807, 2.05) is 0 Å². The molecule has 0 radical (unpaired) electrons. The van der Waals surface area contributed by atoms with Crippen LogP contribution in [-0.4, -0.2) is 11.8 Å². The zero-order chi connectivity index (χ0) is 15.4. The Morgan fingerprint density at radius 1 is 0.857 bits per heavy atom. The average molecular weight is 435 g/mol. The van der Waals surface area contributed by atoms with Crippen LogP contribution >= 0.6 is 45.8 Å². The summed E-state index contributed by atoms with van der Waals surface area (Å²) in [6.45, 7) is 0. The van der Waals surface area contributed by atoms with E-state index in [9.17, 15) is 9.59 Å². The molecule has 0 spiro atoms. The lowest BCUT2D eigenvalue weighted by atomic mass is 10.2. The second-order valence-electron chi connectivity index (χ2n) is 4.01. The van der Waals surface area contributed by atoms with E-state index in [0.717, 1.165) is 3.57 Å². The first-order valence-electron chi connectivity index (χ1n) is 5.79. The Morgan fingerprint density at radius 3 is 2.00 bits per heavy atom. The van der Waals surface area contributed by atoms with E-state index in [1.165, 1.54) is 0 Å². The van der Waals surface area contributed by atoms with Gasteiger partial charge in [-0.2, -0.15) is 0 Å². The summed E-state index contributed by atoms with van der Waals surface area (Å²) in [4.78, 5) is 23.8. The molecular formula is C14H9Cl2IN2O2. The molecule has 21 heavy (non-hydrogen) atoms. The quantitative estimate of drug-likeness (QED) is 0.559. The Hall–Kier alpha value is -1.31. The largest absolute Gasteiger partial charge is 0.271 e. The van der Waals surface area contributed by atoms with Gasteiger partial charge in [-0.3, -0.25) is 20.4 Å². The second kappa shape index (κ2) is 7.11. The van der Waals surface area contributed by atoms with E-state index in [4.69, 9.17) is 23.2 Å². The van der Waals surface area contributed by atoms with E-state index in [0.29, 0.717) is 10.0 Å². The first-order chi connectivity index (χ1) is 9.99. The van der Waals surface area contributed by atoms with Gasteiger partial charge in [0.15, 0.2) is 0 Å². The van der Waals surface area contributed by atoms with Crippen molar-refractivity contribution in [3.63, 3.8) is 0 Å². The third-order valence-electron chi connectivity index (χ3n) is 2.58. The summed E-state index contributed by atoms with van der Waals surface area (Å²) >= 11 is 14.0. The normalized spacial score (nSPS) is 10.0. The van der Waals surface area contributed by atoms with Crippen molar-refractivity contribution < 1.29 is 9.59 Å². The lowest BCUT2D eigenvalue weighted by molar-refractivity contribution is 0.0847. The first kappa shape index (κ1) is 16.1. The molecule has 0 saturated heterocycles. The predicted octanol–water partition coefficient (Wildman–Crippen LogP) is 3.67. The highest BCUT2D eigenvalue weighted by Gasteiger charge is 2.13. The number of carbonyl (C=O) groups excluding carboxylic acids is 2. The van der Waals surface area contributed by atoms with Gasteiger partial charge in [-0.05, 0) is 52.9 Å². The molecule has 0 heterocycles. The second-order valence-corrected chi connectivity index (χ2v) is 6.07. The van der Waals surface area contributed by atoms with Gasteiger partial charge in [-0.15, -0.1) is 0 Å². The molecule has 2 aromatic rings. The van der Waals surface area contributed by atoms with Crippen LogP contribution in [0, 0.1) is 3.57 Å². The number of hydrogen-bond donors (Lipinski definition) is 2. The molecule has 0 atom stereocenters. The molecule has 0 aromatic heterocycles. The maximum atomic E-state index is 12.0. The van der Waals surface area contributed by atoms with E-state index in [1.54, 1.807) is 42.5 Å². The fraction of sp³-hybridized carbons (Fsp3) is 0. The van der Waals surface area contributed by atoms with E-state index in [-0.39, 0.29) is 11.1 Å². The van der Waals surface area contributed by atoms with Gasteiger partial charge < -0.3 is 0 Å². The van der Waals surface area contributed by atoms with Gasteiger partial charge in [0.2, 0.25) is 0 Å².